The van der Waals surface area contributed by atoms with Crippen molar-refractivity contribution >= 4 is 5.97 Å². The molecule has 0 bridgehead atoms. The number of ether oxygens (including phenoxy) is 1. The van der Waals surface area contributed by atoms with Gasteiger partial charge in [-0.2, -0.15) is 0 Å². The smallest absolute Gasteiger partial charge is 0.320 e. The van der Waals surface area contributed by atoms with E-state index < -0.39 is 0 Å². The Balaban J connectivity index is 2.30. The summed E-state index contributed by atoms with van der Waals surface area (Å²) in [6, 6.07) is 0.379. The van der Waals surface area contributed by atoms with Crippen molar-refractivity contribution in [2.24, 2.45) is 5.73 Å². The van der Waals surface area contributed by atoms with E-state index >= 15 is 0 Å². The number of esters is 1. The van der Waals surface area contributed by atoms with Crippen molar-refractivity contribution in [2.75, 3.05) is 26.2 Å². The molecule has 13 heavy (non-hydrogen) atoms. The monoisotopic (exact) mass is 186 g/mol. The number of carbonyl (C=O) groups excluding carboxylic acids is 1. The van der Waals surface area contributed by atoms with Crippen molar-refractivity contribution in [3.63, 3.8) is 0 Å². The highest BCUT2D eigenvalue weighted by molar-refractivity contribution is 5.71. The van der Waals surface area contributed by atoms with E-state index in [4.69, 9.17) is 10.5 Å². The second-order valence-electron chi connectivity index (χ2n) is 3.31. The summed E-state index contributed by atoms with van der Waals surface area (Å²) in [4.78, 5) is 13.3. The summed E-state index contributed by atoms with van der Waals surface area (Å²) in [5, 5.41) is 0. The van der Waals surface area contributed by atoms with Gasteiger partial charge in [0.2, 0.25) is 0 Å². The van der Waals surface area contributed by atoms with Crippen LogP contribution in [0.25, 0.3) is 0 Å². The number of nitrogens with two attached hydrogens (primary N) is 1. The first kappa shape index (κ1) is 10.5. The third kappa shape index (κ3) is 2.97. The lowest BCUT2D eigenvalue weighted by Crippen LogP contribution is -2.39. The van der Waals surface area contributed by atoms with Crippen molar-refractivity contribution in [1.82, 2.24) is 4.90 Å². The minimum Gasteiger partial charge on any atom is -0.465 e. The van der Waals surface area contributed by atoms with Gasteiger partial charge in [0.25, 0.3) is 0 Å². The van der Waals surface area contributed by atoms with Crippen LogP contribution in [0.2, 0.25) is 0 Å². The van der Waals surface area contributed by atoms with E-state index in [2.05, 4.69) is 4.90 Å². The second kappa shape index (κ2) is 5.19. The Hall–Kier alpha value is -0.610. The Morgan fingerprint density at radius 3 is 3.08 bits per heavy atom. The van der Waals surface area contributed by atoms with Crippen LogP contribution in [0, 0.1) is 0 Å². The normalized spacial score (nSPS) is 23.4. The Kier molecular flexibility index (Phi) is 4.18. The molecular weight excluding hydrogens is 168 g/mol. The van der Waals surface area contributed by atoms with Crippen molar-refractivity contribution in [2.45, 2.75) is 25.8 Å². The van der Waals surface area contributed by atoms with Gasteiger partial charge in [0.05, 0.1) is 13.2 Å². The molecule has 1 unspecified atom stereocenters. The number of hydrogen-bond acceptors (Lipinski definition) is 4. The molecule has 0 saturated carbocycles. The molecule has 1 atom stereocenters. The van der Waals surface area contributed by atoms with E-state index in [1.807, 2.05) is 6.92 Å². The van der Waals surface area contributed by atoms with Crippen LogP contribution in [0.5, 0.6) is 0 Å². The van der Waals surface area contributed by atoms with Gasteiger partial charge >= 0.3 is 5.97 Å². The molecule has 0 aromatic heterocycles. The summed E-state index contributed by atoms with van der Waals surface area (Å²) in [7, 11) is 0. The summed E-state index contributed by atoms with van der Waals surface area (Å²) >= 11 is 0. The van der Waals surface area contributed by atoms with Gasteiger partial charge in [0.15, 0.2) is 0 Å². The van der Waals surface area contributed by atoms with Gasteiger partial charge in [-0.1, -0.05) is 0 Å². The molecule has 1 saturated heterocycles. The highest BCUT2D eigenvalue weighted by Gasteiger charge is 2.25. The average Bonchev–Trinajstić information content (AvgIpc) is 2.52. The van der Waals surface area contributed by atoms with Crippen molar-refractivity contribution in [1.29, 1.82) is 0 Å². The standard InChI is InChI=1S/C9H18N2O2/c1-2-13-9(12)7-11-5-3-4-8(11)6-10/h8H,2-7,10H2,1H3. The molecule has 0 spiro atoms. The fourth-order valence-corrected chi connectivity index (χ4v) is 1.74. The highest BCUT2D eigenvalue weighted by atomic mass is 16.5. The predicted octanol–water partition coefficient (Wildman–Crippen LogP) is -0.0274. The minimum absolute atomic E-state index is 0.136. The van der Waals surface area contributed by atoms with Gasteiger partial charge in [-0.3, -0.25) is 9.69 Å². The van der Waals surface area contributed by atoms with E-state index in [0.717, 1.165) is 19.4 Å². The highest BCUT2D eigenvalue weighted by Crippen LogP contribution is 2.15. The summed E-state index contributed by atoms with van der Waals surface area (Å²) in [5.74, 6) is -0.136. The molecule has 0 aromatic carbocycles. The van der Waals surface area contributed by atoms with Gasteiger partial charge in [-0.15, -0.1) is 0 Å². The second-order valence-corrected chi connectivity index (χ2v) is 3.31. The lowest BCUT2D eigenvalue weighted by Gasteiger charge is -2.21. The van der Waals surface area contributed by atoms with Crippen LogP contribution in [-0.2, 0) is 9.53 Å². The Morgan fingerprint density at radius 2 is 2.46 bits per heavy atom. The quantitative estimate of drug-likeness (QED) is 0.627. The fraction of sp³-hybridized carbons (Fsp3) is 0.889. The maximum Gasteiger partial charge on any atom is 0.320 e. The van der Waals surface area contributed by atoms with Gasteiger partial charge in [0.1, 0.15) is 0 Å². The first-order chi connectivity index (χ1) is 6.27. The summed E-state index contributed by atoms with van der Waals surface area (Å²) in [6.45, 7) is 4.29. The molecule has 0 aromatic rings. The zero-order valence-electron chi connectivity index (χ0n) is 8.16. The molecule has 0 amide bonds. The minimum atomic E-state index is -0.136. The molecule has 0 aliphatic carbocycles. The van der Waals surface area contributed by atoms with Gasteiger partial charge in [0, 0.05) is 12.6 Å². The van der Waals surface area contributed by atoms with Crippen molar-refractivity contribution in [3.8, 4) is 0 Å². The van der Waals surface area contributed by atoms with Crippen LogP contribution >= 0.6 is 0 Å². The van der Waals surface area contributed by atoms with Gasteiger partial charge in [-0.05, 0) is 26.3 Å². The van der Waals surface area contributed by atoms with E-state index in [1.54, 1.807) is 0 Å². The molecule has 1 rings (SSSR count). The molecule has 4 nitrogen and oxygen atoms in total. The van der Waals surface area contributed by atoms with Crippen LogP contribution in [-0.4, -0.2) is 43.2 Å². The van der Waals surface area contributed by atoms with Crippen LogP contribution in [0.1, 0.15) is 19.8 Å². The van der Waals surface area contributed by atoms with Crippen LogP contribution in [0.3, 0.4) is 0 Å². The predicted molar refractivity (Wildman–Crippen MR) is 50.3 cm³/mol. The molecule has 1 aliphatic rings. The lowest BCUT2D eigenvalue weighted by atomic mass is 10.2. The largest absolute Gasteiger partial charge is 0.465 e. The maximum atomic E-state index is 11.2. The third-order valence-electron chi connectivity index (χ3n) is 2.41. The maximum absolute atomic E-state index is 11.2. The summed E-state index contributed by atoms with van der Waals surface area (Å²) in [5.41, 5.74) is 5.58. The van der Waals surface area contributed by atoms with E-state index in [-0.39, 0.29) is 5.97 Å². The number of rotatable bonds is 4. The van der Waals surface area contributed by atoms with E-state index in [9.17, 15) is 4.79 Å². The fourth-order valence-electron chi connectivity index (χ4n) is 1.74. The van der Waals surface area contributed by atoms with Crippen LogP contribution in [0.4, 0.5) is 0 Å². The number of nitrogens with zero attached hydrogens (tertiary/aromatic N) is 1. The first-order valence-electron chi connectivity index (χ1n) is 4.87. The third-order valence-corrected chi connectivity index (χ3v) is 2.41. The molecule has 76 valence electrons. The SMILES string of the molecule is CCOC(=O)CN1CCCC1CN. The lowest BCUT2D eigenvalue weighted by molar-refractivity contribution is -0.144. The van der Waals surface area contributed by atoms with Crippen molar-refractivity contribution < 1.29 is 9.53 Å². The molecule has 1 fully saturated rings. The van der Waals surface area contributed by atoms with E-state index in [1.165, 1.54) is 0 Å². The number of carbonyl (C=O) groups is 1. The first-order valence-corrected chi connectivity index (χ1v) is 4.87. The van der Waals surface area contributed by atoms with Crippen LogP contribution < -0.4 is 5.73 Å². The Labute approximate surface area is 79.0 Å². The summed E-state index contributed by atoms with van der Waals surface area (Å²) in [6.07, 6.45) is 2.25. The molecule has 1 heterocycles. The Bertz CT molecular complexity index is 173. The molecule has 1 aliphatic heterocycles. The number of hydrogen-bond donors (Lipinski definition) is 1. The average molecular weight is 186 g/mol. The van der Waals surface area contributed by atoms with Crippen molar-refractivity contribution in [3.05, 3.63) is 0 Å². The zero-order chi connectivity index (χ0) is 9.68. The molecular formula is C9H18N2O2. The topological polar surface area (TPSA) is 55.6 Å². The molecule has 2 N–H and O–H groups in total. The van der Waals surface area contributed by atoms with E-state index in [0.29, 0.717) is 25.7 Å². The molecule has 0 radical (unpaired) electrons. The molecule has 4 heteroatoms. The van der Waals surface area contributed by atoms with Gasteiger partial charge < -0.3 is 10.5 Å². The summed E-state index contributed by atoms with van der Waals surface area (Å²) < 4.78 is 4.88. The zero-order valence-corrected chi connectivity index (χ0v) is 8.16. The van der Waals surface area contributed by atoms with Gasteiger partial charge in [-0.25, -0.2) is 0 Å². The number of likely N-dealkylation sites (tertiary alicyclic amines) is 1. The van der Waals surface area contributed by atoms with Crippen LogP contribution in [0.15, 0.2) is 0 Å². The Morgan fingerprint density at radius 1 is 1.69 bits per heavy atom.